The monoisotopic (exact) mass is 452 g/mol. The number of unbranched alkanes of at least 4 members (excludes halogenated alkanes) is 6. The Morgan fingerprint density at radius 1 is 1.00 bits per heavy atom. The normalized spacial score (nSPS) is 11.7. The van der Waals surface area contributed by atoms with Gasteiger partial charge in [0.15, 0.2) is 6.61 Å². The number of urea groups is 1. The van der Waals surface area contributed by atoms with Gasteiger partial charge in [0, 0.05) is 11.8 Å². The maximum absolute atomic E-state index is 11.8. The Morgan fingerprint density at radius 2 is 1.68 bits per heavy atom. The lowest BCUT2D eigenvalue weighted by Crippen LogP contribution is -2.42. The van der Waals surface area contributed by atoms with Crippen LogP contribution in [-0.2, 0) is 4.79 Å². The highest BCUT2D eigenvalue weighted by atomic mass is 32.2. The number of aromatic hydroxyl groups is 1. The van der Waals surface area contributed by atoms with E-state index < -0.39 is 11.9 Å². The number of carbonyl (C=O) groups is 2. The van der Waals surface area contributed by atoms with Crippen molar-refractivity contribution in [1.29, 1.82) is 0 Å². The summed E-state index contributed by atoms with van der Waals surface area (Å²) in [7, 11) is 0. The second-order valence-corrected chi connectivity index (χ2v) is 9.16. The van der Waals surface area contributed by atoms with Crippen LogP contribution in [0.3, 0.4) is 0 Å². The van der Waals surface area contributed by atoms with E-state index in [1.807, 2.05) is 11.8 Å². The van der Waals surface area contributed by atoms with Gasteiger partial charge in [0.05, 0.1) is 0 Å². The summed E-state index contributed by atoms with van der Waals surface area (Å²) >= 11 is 1.99. The van der Waals surface area contributed by atoms with E-state index in [1.54, 1.807) is 12.1 Å². The average molecular weight is 453 g/mol. The molecule has 0 spiro atoms. The minimum Gasteiger partial charge on any atom is -0.508 e. The maximum Gasteiger partial charge on any atom is 0.321 e. The molecule has 176 valence electrons. The van der Waals surface area contributed by atoms with Crippen LogP contribution < -0.4 is 15.4 Å². The van der Waals surface area contributed by atoms with Crippen LogP contribution in [0.2, 0.25) is 0 Å². The minimum atomic E-state index is -0.513. The van der Waals surface area contributed by atoms with Crippen molar-refractivity contribution in [2.75, 3.05) is 18.9 Å². The molecule has 0 saturated carbocycles. The van der Waals surface area contributed by atoms with Crippen molar-refractivity contribution >= 4 is 23.7 Å². The summed E-state index contributed by atoms with van der Waals surface area (Å²) in [4.78, 5) is 23.6. The Hall–Kier alpha value is -1.89. The van der Waals surface area contributed by atoms with Gasteiger partial charge in [-0.15, -0.1) is 0 Å². The molecule has 0 aliphatic heterocycles. The number of carbonyl (C=O) groups excluding carboxylic acids is 2. The zero-order valence-corrected chi connectivity index (χ0v) is 20.0. The number of benzene rings is 1. The van der Waals surface area contributed by atoms with E-state index in [4.69, 9.17) is 4.74 Å². The summed E-state index contributed by atoms with van der Waals surface area (Å²) in [5.74, 6) is 1.07. The van der Waals surface area contributed by atoms with E-state index in [1.165, 1.54) is 69.9 Å². The lowest BCUT2D eigenvalue weighted by Gasteiger charge is -2.14. The molecule has 0 bridgehead atoms. The van der Waals surface area contributed by atoms with E-state index in [0.29, 0.717) is 17.5 Å². The molecule has 1 unspecified atom stereocenters. The molecular formula is C24H40N2O4S. The first-order chi connectivity index (χ1) is 15.0. The number of phenolic OH excluding ortho intramolecular Hbond substituents is 1. The van der Waals surface area contributed by atoms with Gasteiger partial charge in [-0.1, -0.05) is 58.8 Å². The van der Waals surface area contributed by atoms with Crippen molar-refractivity contribution in [3.63, 3.8) is 0 Å². The van der Waals surface area contributed by atoms with E-state index in [2.05, 4.69) is 24.5 Å². The number of imide groups is 1. The number of nitrogens with one attached hydrogen (secondary N) is 2. The molecule has 3 amide bonds. The highest BCUT2D eigenvalue weighted by Crippen LogP contribution is 2.22. The van der Waals surface area contributed by atoms with Gasteiger partial charge in [-0.25, -0.2) is 4.79 Å². The SMILES string of the molecule is CCCCCCCCCC(CC)SCCCNC(=O)NC(=O)COc1ccc(O)cc1. The third kappa shape index (κ3) is 14.7. The topological polar surface area (TPSA) is 87.7 Å². The molecule has 7 heteroatoms. The fourth-order valence-electron chi connectivity index (χ4n) is 3.16. The summed E-state index contributed by atoms with van der Waals surface area (Å²) in [6.07, 6.45) is 12.8. The van der Waals surface area contributed by atoms with Crippen LogP contribution in [0, 0.1) is 0 Å². The van der Waals surface area contributed by atoms with E-state index in [0.717, 1.165) is 12.2 Å². The van der Waals surface area contributed by atoms with Crippen LogP contribution in [0.4, 0.5) is 4.79 Å². The van der Waals surface area contributed by atoms with Crippen molar-refractivity contribution in [1.82, 2.24) is 10.6 Å². The van der Waals surface area contributed by atoms with Gasteiger partial charge < -0.3 is 15.2 Å². The first-order valence-corrected chi connectivity index (χ1v) is 12.7. The Labute approximate surface area is 191 Å². The average Bonchev–Trinajstić information content (AvgIpc) is 2.76. The Morgan fingerprint density at radius 3 is 2.35 bits per heavy atom. The molecule has 1 atom stereocenters. The number of hydrogen-bond acceptors (Lipinski definition) is 5. The lowest BCUT2D eigenvalue weighted by atomic mass is 10.1. The summed E-state index contributed by atoms with van der Waals surface area (Å²) in [5.41, 5.74) is 0. The van der Waals surface area contributed by atoms with Gasteiger partial charge >= 0.3 is 6.03 Å². The van der Waals surface area contributed by atoms with Crippen LogP contribution in [0.5, 0.6) is 11.5 Å². The number of rotatable bonds is 17. The third-order valence-corrected chi connectivity index (χ3v) is 6.57. The number of thioether (sulfide) groups is 1. The molecule has 0 aromatic heterocycles. The first-order valence-electron chi connectivity index (χ1n) is 11.7. The van der Waals surface area contributed by atoms with E-state index in [9.17, 15) is 14.7 Å². The van der Waals surface area contributed by atoms with Gasteiger partial charge in [-0.05, 0) is 49.3 Å². The fourth-order valence-corrected chi connectivity index (χ4v) is 4.37. The Balaban J connectivity index is 2.02. The molecule has 1 rings (SSSR count). The highest BCUT2D eigenvalue weighted by Gasteiger charge is 2.09. The number of hydrogen-bond donors (Lipinski definition) is 3. The smallest absolute Gasteiger partial charge is 0.321 e. The van der Waals surface area contributed by atoms with Crippen LogP contribution in [0.1, 0.15) is 78.1 Å². The Kier molecular flexibility index (Phi) is 15.5. The largest absolute Gasteiger partial charge is 0.508 e. The van der Waals surface area contributed by atoms with Crippen LogP contribution in [-0.4, -0.2) is 41.2 Å². The van der Waals surface area contributed by atoms with Crippen LogP contribution in [0.15, 0.2) is 24.3 Å². The molecular weight excluding hydrogens is 412 g/mol. The first kappa shape index (κ1) is 27.1. The zero-order valence-electron chi connectivity index (χ0n) is 19.2. The molecule has 6 nitrogen and oxygen atoms in total. The predicted molar refractivity (Wildman–Crippen MR) is 129 cm³/mol. The molecule has 1 aromatic carbocycles. The fraction of sp³-hybridized carbons (Fsp3) is 0.667. The van der Waals surface area contributed by atoms with Gasteiger partial charge in [-0.2, -0.15) is 11.8 Å². The van der Waals surface area contributed by atoms with Crippen molar-refractivity contribution < 1.29 is 19.4 Å². The molecule has 3 N–H and O–H groups in total. The van der Waals surface area contributed by atoms with Crippen molar-refractivity contribution in [3.8, 4) is 11.5 Å². The number of phenols is 1. The predicted octanol–water partition coefficient (Wildman–Crippen LogP) is 5.64. The van der Waals surface area contributed by atoms with Gasteiger partial charge in [-0.3, -0.25) is 10.1 Å². The molecule has 0 heterocycles. The summed E-state index contributed by atoms with van der Waals surface area (Å²) in [5, 5.41) is 14.9. The zero-order chi connectivity index (χ0) is 22.7. The standard InChI is InChI=1S/C24H40N2O4S/c1-3-5-6-7-8-9-10-12-22(4-2)31-18-11-17-25-24(29)26-23(28)19-30-21-15-13-20(27)14-16-21/h13-16,22,27H,3-12,17-19H2,1-2H3,(H2,25,26,28,29). The molecule has 0 saturated heterocycles. The van der Waals surface area contributed by atoms with Gasteiger partial charge in [0.25, 0.3) is 5.91 Å². The van der Waals surface area contributed by atoms with E-state index in [-0.39, 0.29) is 12.4 Å². The molecule has 0 radical (unpaired) electrons. The van der Waals surface area contributed by atoms with Crippen LogP contribution in [0.25, 0.3) is 0 Å². The number of amides is 3. The Bertz CT molecular complexity index is 610. The van der Waals surface area contributed by atoms with Crippen molar-refractivity contribution in [3.05, 3.63) is 24.3 Å². The van der Waals surface area contributed by atoms with Gasteiger partial charge in [0.2, 0.25) is 0 Å². The van der Waals surface area contributed by atoms with Gasteiger partial charge in [0.1, 0.15) is 11.5 Å². The lowest BCUT2D eigenvalue weighted by molar-refractivity contribution is -0.122. The molecule has 31 heavy (non-hydrogen) atoms. The number of ether oxygens (including phenoxy) is 1. The summed E-state index contributed by atoms with van der Waals surface area (Å²) in [6, 6.07) is 5.54. The minimum absolute atomic E-state index is 0.123. The second kappa shape index (κ2) is 17.8. The quantitative estimate of drug-likeness (QED) is 0.266. The maximum atomic E-state index is 11.8. The van der Waals surface area contributed by atoms with Crippen LogP contribution >= 0.6 is 11.8 Å². The molecule has 0 fully saturated rings. The summed E-state index contributed by atoms with van der Waals surface area (Å²) in [6.45, 7) is 4.78. The molecule has 0 aliphatic carbocycles. The van der Waals surface area contributed by atoms with E-state index >= 15 is 0 Å². The van der Waals surface area contributed by atoms with Crippen molar-refractivity contribution in [2.45, 2.75) is 83.3 Å². The third-order valence-electron chi connectivity index (χ3n) is 5.00. The summed E-state index contributed by atoms with van der Waals surface area (Å²) < 4.78 is 5.26. The van der Waals surface area contributed by atoms with Crippen molar-refractivity contribution in [2.24, 2.45) is 0 Å². The molecule has 0 aliphatic rings. The highest BCUT2D eigenvalue weighted by molar-refractivity contribution is 7.99. The second-order valence-electron chi connectivity index (χ2n) is 7.75. The molecule has 1 aromatic rings.